The van der Waals surface area contributed by atoms with E-state index in [-0.39, 0.29) is 35.3 Å². The summed E-state index contributed by atoms with van der Waals surface area (Å²) in [5, 5.41) is 2.91. The molecule has 146 valence electrons. The van der Waals surface area contributed by atoms with E-state index in [1.165, 1.54) is 12.3 Å². The first-order valence-electron chi connectivity index (χ1n) is 9.28. The lowest BCUT2D eigenvalue weighted by Crippen LogP contribution is -2.32. The SMILES string of the molecule is O=C(C[C@@H]1CO[C@@H]2CN(C(=O)c3ccnc(F)c3)C[C@H]12)NCc1cccnc1. The van der Waals surface area contributed by atoms with Gasteiger partial charge in [0.2, 0.25) is 11.9 Å². The molecule has 7 nitrogen and oxygen atoms in total. The number of nitrogens with one attached hydrogen (secondary N) is 1. The number of ether oxygens (including phenoxy) is 1. The number of carbonyl (C=O) groups is 2. The molecule has 0 radical (unpaired) electrons. The molecular weight excluding hydrogens is 363 g/mol. The fourth-order valence-corrected chi connectivity index (χ4v) is 3.91. The maximum absolute atomic E-state index is 13.3. The van der Waals surface area contributed by atoms with Gasteiger partial charge in [-0.3, -0.25) is 14.6 Å². The fraction of sp³-hybridized carbons (Fsp3) is 0.400. The number of hydrogen-bond acceptors (Lipinski definition) is 5. The van der Waals surface area contributed by atoms with E-state index in [4.69, 9.17) is 4.74 Å². The molecule has 2 aromatic rings. The molecule has 2 fully saturated rings. The van der Waals surface area contributed by atoms with Gasteiger partial charge >= 0.3 is 0 Å². The Balaban J connectivity index is 1.32. The Morgan fingerprint density at radius 3 is 2.96 bits per heavy atom. The lowest BCUT2D eigenvalue weighted by molar-refractivity contribution is -0.122. The lowest BCUT2D eigenvalue weighted by atomic mass is 9.90. The van der Waals surface area contributed by atoms with E-state index in [0.717, 1.165) is 11.6 Å². The summed E-state index contributed by atoms with van der Waals surface area (Å²) in [6, 6.07) is 6.38. The predicted octanol–water partition coefficient (Wildman–Crippen LogP) is 1.41. The van der Waals surface area contributed by atoms with E-state index < -0.39 is 5.95 Å². The van der Waals surface area contributed by atoms with Crippen LogP contribution in [0.25, 0.3) is 0 Å². The first-order valence-corrected chi connectivity index (χ1v) is 9.28. The van der Waals surface area contributed by atoms with Crippen LogP contribution < -0.4 is 5.32 Å². The molecule has 2 aromatic heterocycles. The molecular formula is C20H21FN4O3. The number of rotatable bonds is 5. The molecule has 3 atom stereocenters. The van der Waals surface area contributed by atoms with Gasteiger partial charge in [0, 0.05) is 62.2 Å². The van der Waals surface area contributed by atoms with Crippen LogP contribution in [0.5, 0.6) is 0 Å². The zero-order valence-corrected chi connectivity index (χ0v) is 15.3. The molecule has 4 rings (SSSR count). The summed E-state index contributed by atoms with van der Waals surface area (Å²) < 4.78 is 19.1. The minimum absolute atomic E-state index is 0.0425. The van der Waals surface area contributed by atoms with E-state index in [2.05, 4.69) is 15.3 Å². The van der Waals surface area contributed by atoms with E-state index in [0.29, 0.717) is 32.7 Å². The summed E-state index contributed by atoms with van der Waals surface area (Å²) in [5.74, 6) is -0.784. The van der Waals surface area contributed by atoms with E-state index in [1.54, 1.807) is 17.3 Å². The highest BCUT2D eigenvalue weighted by molar-refractivity contribution is 5.94. The number of carbonyl (C=O) groups excluding carboxylic acids is 2. The van der Waals surface area contributed by atoms with Crippen LogP contribution in [0.3, 0.4) is 0 Å². The van der Waals surface area contributed by atoms with Crippen LogP contribution in [-0.2, 0) is 16.1 Å². The first kappa shape index (κ1) is 18.5. The standard InChI is InChI=1S/C20H21FN4O3/c21-18-6-14(3-5-23-18)20(27)25-10-16-15(12-28-17(16)11-25)7-19(26)24-9-13-2-1-4-22-8-13/h1-6,8,15-17H,7,9-12H2,(H,24,26)/t15-,16-,17-/m1/s1. The molecule has 2 aliphatic heterocycles. The molecule has 8 heteroatoms. The van der Waals surface area contributed by atoms with Crippen molar-refractivity contribution in [3.05, 3.63) is 59.9 Å². The van der Waals surface area contributed by atoms with Crippen molar-refractivity contribution in [2.24, 2.45) is 11.8 Å². The van der Waals surface area contributed by atoms with Gasteiger partial charge in [0.15, 0.2) is 0 Å². The zero-order chi connectivity index (χ0) is 19.5. The van der Waals surface area contributed by atoms with E-state index in [9.17, 15) is 14.0 Å². The Hall–Kier alpha value is -2.87. The molecule has 0 aromatic carbocycles. The Morgan fingerprint density at radius 2 is 2.18 bits per heavy atom. The summed E-state index contributed by atoms with van der Waals surface area (Å²) in [4.78, 5) is 34.1. The summed E-state index contributed by atoms with van der Waals surface area (Å²) >= 11 is 0. The van der Waals surface area contributed by atoms with Gasteiger partial charge in [0.05, 0.1) is 12.7 Å². The van der Waals surface area contributed by atoms with Gasteiger partial charge < -0.3 is 15.0 Å². The summed E-state index contributed by atoms with van der Waals surface area (Å²) in [6.45, 7) is 1.92. The van der Waals surface area contributed by atoms with Gasteiger partial charge in [-0.1, -0.05) is 6.07 Å². The minimum atomic E-state index is -0.676. The third kappa shape index (κ3) is 4.01. The molecule has 0 aliphatic carbocycles. The van der Waals surface area contributed by atoms with Crippen LogP contribution in [0.15, 0.2) is 42.9 Å². The number of halogens is 1. The topological polar surface area (TPSA) is 84.4 Å². The molecule has 1 N–H and O–H groups in total. The van der Waals surface area contributed by atoms with Gasteiger partial charge in [0.25, 0.3) is 5.91 Å². The second-order valence-electron chi connectivity index (χ2n) is 7.22. The number of likely N-dealkylation sites (tertiary alicyclic amines) is 1. The van der Waals surface area contributed by atoms with E-state index in [1.807, 2.05) is 12.1 Å². The van der Waals surface area contributed by atoms with Crippen molar-refractivity contribution < 1.29 is 18.7 Å². The molecule has 0 bridgehead atoms. The van der Waals surface area contributed by atoms with Gasteiger partial charge in [-0.15, -0.1) is 0 Å². The molecule has 2 amide bonds. The molecule has 28 heavy (non-hydrogen) atoms. The predicted molar refractivity (Wildman–Crippen MR) is 97.5 cm³/mol. The number of aromatic nitrogens is 2. The third-order valence-corrected chi connectivity index (χ3v) is 5.36. The van der Waals surface area contributed by atoms with Gasteiger partial charge in [-0.25, -0.2) is 4.98 Å². The Morgan fingerprint density at radius 1 is 1.29 bits per heavy atom. The van der Waals surface area contributed by atoms with Gasteiger partial charge in [-0.05, 0) is 23.6 Å². The molecule has 4 heterocycles. The van der Waals surface area contributed by atoms with Gasteiger partial charge in [-0.2, -0.15) is 4.39 Å². The average molecular weight is 384 g/mol. The summed E-state index contributed by atoms with van der Waals surface area (Å²) in [7, 11) is 0. The largest absolute Gasteiger partial charge is 0.376 e. The molecule has 0 saturated carbocycles. The highest BCUT2D eigenvalue weighted by atomic mass is 19.1. The molecule has 0 spiro atoms. The number of pyridine rings is 2. The quantitative estimate of drug-likeness (QED) is 0.788. The Kier molecular flexibility index (Phi) is 5.29. The van der Waals surface area contributed by atoms with E-state index >= 15 is 0 Å². The first-order chi connectivity index (χ1) is 13.6. The van der Waals surface area contributed by atoms with Crippen molar-refractivity contribution in [3.63, 3.8) is 0 Å². The number of hydrogen-bond donors (Lipinski definition) is 1. The second kappa shape index (κ2) is 8.02. The summed E-state index contributed by atoms with van der Waals surface area (Å²) in [5.41, 5.74) is 1.22. The maximum Gasteiger partial charge on any atom is 0.254 e. The van der Waals surface area contributed by atoms with Crippen molar-refractivity contribution in [2.45, 2.75) is 19.1 Å². The molecule has 2 saturated heterocycles. The van der Waals surface area contributed by atoms with Gasteiger partial charge in [0.1, 0.15) is 0 Å². The van der Waals surface area contributed by atoms with Crippen LogP contribution in [-0.4, -0.2) is 52.5 Å². The van der Waals surface area contributed by atoms with Crippen LogP contribution in [0.2, 0.25) is 0 Å². The molecule has 2 aliphatic rings. The van der Waals surface area contributed by atoms with Crippen molar-refractivity contribution in [1.82, 2.24) is 20.2 Å². The maximum atomic E-state index is 13.3. The number of fused-ring (bicyclic) bond motifs is 1. The van der Waals surface area contributed by atoms with Crippen molar-refractivity contribution in [2.75, 3.05) is 19.7 Å². The van der Waals surface area contributed by atoms with Crippen molar-refractivity contribution in [1.29, 1.82) is 0 Å². The Bertz CT molecular complexity index is 864. The van der Waals surface area contributed by atoms with Crippen molar-refractivity contribution >= 4 is 11.8 Å². The number of amides is 2. The van der Waals surface area contributed by atoms with Crippen LogP contribution in [0.4, 0.5) is 4.39 Å². The monoisotopic (exact) mass is 384 g/mol. The average Bonchev–Trinajstić information content (AvgIpc) is 3.29. The second-order valence-corrected chi connectivity index (χ2v) is 7.22. The number of nitrogens with zero attached hydrogens (tertiary/aromatic N) is 3. The normalized spacial score (nSPS) is 23.5. The third-order valence-electron chi connectivity index (χ3n) is 5.36. The van der Waals surface area contributed by atoms with Crippen LogP contribution in [0, 0.1) is 17.8 Å². The van der Waals surface area contributed by atoms with Crippen LogP contribution >= 0.6 is 0 Å². The van der Waals surface area contributed by atoms with Crippen LogP contribution in [0.1, 0.15) is 22.3 Å². The zero-order valence-electron chi connectivity index (χ0n) is 15.3. The minimum Gasteiger partial charge on any atom is -0.376 e. The Labute approximate surface area is 161 Å². The highest BCUT2D eigenvalue weighted by Crippen LogP contribution is 2.36. The smallest absolute Gasteiger partial charge is 0.254 e. The molecule has 0 unspecified atom stereocenters. The van der Waals surface area contributed by atoms with Crippen molar-refractivity contribution in [3.8, 4) is 0 Å². The lowest BCUT2D eigenvalue weighted by Gasteiger charge is -2.20. The summed E-state index contributed by atoms with van der Waals surface area (Å²) in [6.07, 6.45) is 4.97. The highest BCUT2D eigenvalue weighted by Gasteiger charge is 2.45. The fourth-order valence-electron chi connectivity index (χ4n) is 3.91.